The van der Waals surface area contributed by atoms with Gasteiger partial charge in [-0.25, -0.2) is 0 Å². The summed E-state index contributed by atoms with van der Waals surface area (Å²) in [4.78, 5) is 24.8. The molecule has 0 amide bonds. The van der Waals surface area contributed by atoms with Crippen molar-refractivity contribution in [3.8, 4) is 0 Å². The Morgan fingerprint density at radius 1 is 0.283 bits per heavy atom. The molecule has 0 unspecified atom stereocenters. The summed E-state index contributed by atoms with van der Waals surface area (Å²) >= 11 is 0. The fourth-order valence-electron chi connectivity index (χ4n) is 5.62. The van der Waals surface area contributed by atoms with Gasteiger partial charge in [0, 0.05) is 0 Å². The third-order valence-electron chi connectivity index (χ3n) is 7.86. The SMILES string of the molecule is O=[N+]([O-])[O-].O=[N+]([O-])[O-].O=[N+]([O-])[O-].[Au+3].c1ccc(P(CCP(c2ccccc2)c2ccccc2)c2ccccc2)cc1.c1ccc(P(c2ccccc2)c2ccccc2)cc1. The fourth-order valence-corrected chi connectivity index (χ4v) is 13.3. The molecule has 7 aromatic rings. The molecule has 0 saturated heterocycles. The van der Waals surface area contributed by atoms with E-state index < -0.39 is 23.2 Å². The molecule has 0 radical (unpaired) electrons. The number of hydrogen-bond donors (Lipinski definition) is 0. The number of rotatable bonds is 10. The topological polar surface area (TPSA) is 199 Å². The first-order valence-electron chi connectivity index (χ1n) is 17.7. The summed E-state index contributed by atoms with van der Waals surface area (Å²) in [7, 11) is -1.14. The Morgan fingerprint density at radius 2 is 0.417 bits per heavy atom. The summed E-state index contributed by atoms with van der Waals surface area (Å²) in [6, 6.07) is 76.5. The van der Waals surface area contributed by atoms with Gasteiger partial charge in [-0.2, -0.15) is 0 Å². The van der Waals surface area contributed by atoms with Crippen molar-refractivity contribution >= 4 is 60.9 Å². The normalized spacial score (nSPS) is 9.72. The second kappa shape index (κ2) is 29.4. The average molecular weight is 1040 g/mol. The zero-order valence-corrected chi connectivity index (χ0v) is 36.6. The third-order valence-corrected chi connectivity index (χ3v) is 15.7. The van der Waals surface area contributed by atoms with Gasteiger partial charge in [0.05, 0.1) is 15.3 Å². The van der Waals surface area contributed by atoms with Gasteiger partial charge >= 0.3 is 22.4 Å². The first kappa shape index (κ1) is 50.3. The standard InChI is InChI=1S/C26H24P2.C18H15P.Au.3NO3/c1-5-13-23(14-6-1)27(24-15-7-2-8-16-24)21-22-28(25-17-9-3-10-18-25)26-19-11-4-12-20-26;1-4-10-16(11-5-1)19(17-12-6-2-7-13-17)18-14-8-3-9-15-18;;3*2-1(3)4/h1-20H,21-22H2;1-15H;;;;/q;;+3;3*-1. The van der Waals surface area contributed by atoms with Gasteiger partial charge < -0.3 is 46.0 Å². The molecule has 0 heterocycles. The molecule has 0 saturated carbocycles. The van der Waals surface area contributed by atoms with E-state index in [2.05, 4.69) is 212 Å². The predicted molar refractivity (Wildman–Crippen MR) is 244 cm³/mol. The minimum Gasteiger partial charge on any atom is -0.356 e. The van der Waals surface area contributed by atoms with Crippen LogP contribution in [0, 0.1) is 46.0 Å². The Kier molecular flexibility index (Phi) is 24.6. The second-order valence-corrected chi connectivity index (χ2v) is 18.6. The average Bonchev–Trinajstić information content (AvgIpc) is 3.25. The largest absolute Gasteiger partial charge is 3.00 e. The van der Waals surface area contributed by atoms with Crippen molar-refractivity contribution in [2.45, 2.75) is 0 Å². The molecule has 0 spiro atoms. The van der Waals surface area contributed by atoms with Crippen molar-refractivity contribution in [1.82, 2.24) is 0 Å². The summed E-state index contributed by atoms with van der Waals surface area (Å²) in [5.74, 6) is 0. The minimum absolute atomic E-state index is 0. The van der Waals surface area contributed by atoms with E-state index >= 15 is 0 Å². The summed E-state index contributed by atoms with van der Waals surface area (Å²) in [5, 5.41) is 54.3. The molecular weight excluding hydrogens is 1000 g/mol. The van der Waals surface area contributed by atoms with Crippen LogP contribution in [-0.4, -0.2) is 27.6 Å². The second-order valence-electron chi connectivity index (χ2n) is 11.7. The number of benzene rings is 7. The summed E-state index contributed by atoms with van der Waals surface area (Å²) in [6.45, 7) is 0. The van der Waals surface area contributed by atoms with E-state index in [-0.39, 0.29) is 38.2 Å². The van der Waals surface area contributed by atoms with Crippen LogP contribution in [-0.2, 0) is 22.4 Å². The van der Waals surface area contributed by atoms with Crippen molar-refractivity contribution in [1.29, 1.82) is 0 Å². The van der Waals surface area contributed by atoms with Gasteiger partial charge in [0.2, 0.25) is 0 Å². The molecular formula is C44H39AuN3O9P3. The van der Waals surface area contributed by atoms with Gasteiger partial charge in [-0.3, -0.25) is 0 Å². The van der Waals surface area contributed by atoms with E-state index in [1.807, 2.05) is 0 Å². The number of nitrogens with zero attached hydrogens (tertiary/aromatic N) is 3. The van der Waals surface area contributed by atoms with Crippen LogP contribution in [0.4, 0.5) is 0 Å². The maximum absolute atomic E-state index is 8.25. The van der Waals surface area contributed by atoms with Crippen molar-refractivity contribution in [2.75, 3.05) is 12.3 Å². The summed E-state index contributed by atoms with van der Waals surface area (Å²) in [5.41, 5.74) is 0. The molecule has 0 bridgehead atoms. The van der Waals surface area contributed by atoms with Gasteiger partial charge in [-0.05, 0) is 73.2 Å². The number of hydrogen-bond acceptors (Lipinski definition) is 9. The molecule has 16 heteroatoms. The van der Waals surface area contributed by atoms with E-state index in [0.29, 0.717) is 0 Å². The molecule has 0 atom stereocenters. The molecule has 0 aliphatic carbocycles. The van der Waals surface area contributed by atoms with Crippen LogP contribution < -0.4 is 37.1 Å². The summed E-state index contributed by atoms with van der Waals surface area (Å²) in [6.07, 6.45) is 2.41. The third kappa shape index (κ3) is 19.7. The molecule has 0 N–H and O–H groups in total. The van der Waals surface area contributed by atoms with Gasteiger partial charge in [0.15, 0.2) is 0 Å². The Hall–Kier alpha value is -5.83. The Balaban J connectivity index is 0.000000334. The van der Waals surface area contributed by atoms with Crippen LogP contribution in [0.3, 0.4) is 0 Å². The smallest absolute Gasteiger partial charge is 0.356 e. The van der Waals surface area contributed by atoms with Crippen molar-refractivity contribution in [3.63, 3.8) is 0 Å². The molecule has 0 aliphatic heterocycles. The van der Waals surface area contributed by atoms with E-state index in [1.165, 1.54) is 49.5 Å². The Morgan fingerprint density at radius 3 is 0.567 bits per heavy atom. The van der Waals surface area contributed by atoms with Gasteiger partial charge in [0.1, 0.15) is 0 Å². The van der Waals surface area contributed by atoms with Crippen LogP contribution >= 0.6 is 23.8 Å². The first-order chi connectivity index (χ1) is 28.6. The minimum atomic E-state index is -1.75. The maximum atomic E-state index is 8.25. The van der Waals surface area contributed by atoms with E-state index in [9.17, 15) is 0 Å². The predicted octanol–water partition coefficient (Wildman–Crippen LogP) is 7.98. The molecule has 0 fully saturated rings. The van der Waals surface area contributed by atoms with Crippen LogP contribution in [0.1, 0.15) is 0 Å². The van der Waals surface area contributed by atoms with Crippen LogP contribution in [0.5, 0.6) is 0 Å². The summed E-state index contributed by atoms with van der Waals surface area (Å²) < 4.78 is 0. The van der Waals surface area contributed by atoms with Gasteiger partial charge in [-0.1, -0.05) is 212 Å². The van der Waals surface area contributed by atoms with Crippen LogP contribution in [0.25, 0.3) is 0 Å². The van der Waals surface area contributed by atoms with Crippen LogP contribution in [0.15, 0.2) is 212 Å². The van der Waals surface area contributed by atoms with E-state index in [4.69, 9.17) is 46.0 Å². The van der Waals surface area contributed by atoms with Gasteiger partial charge in [0.25, 0.3) is 0 Å². The molecule has 310 valence electrons. The molecule has 0 aliphatic rings. The van der Waals surface area contributed by atoms with E-state index in [0.717, 1.165) is 0 Å². The molecule has 7 aromatic carbocycles. The van der Waals surface area contributed by atoms with Gasteiger partial charge in [-0.15, -0.1) is 0 Å². The molecule has 12 nitrogen and oxygen atoms in total. The Labute approximate surface area is 367 Å². The molecule has 0 aromatic heterocycles. The van der Waals surface area contributed by atoms with Crippen molar-refractivity contribution in [3.05, 3.63) is 258 Å². The molecule has 7 rings (SSSR count). The monoisotopic (exact) mass is 1040 g/mol. The van der Waals surface area contributed by atoms with E-state index in [1.54, 1.807) is 0 Å². The first-order valence-corrected chi connectivity index (χ1v) is 22.1. The fraction of sp³-hybridized carbons (Fsp3) is 0.0455. The molecule has 60 heavy (non-hydrogen) atoms. The maximum Gasteiger partial charge on any atom is 3.00 e. The van der Waals surface area contributed by atoms with Crippen molar-refractivity contribution < 1.29 is 37.6 Å². The van der Waals surface area contributed by atoms with Crippen LogP contribution in [0.2, 0.25) is 0 Å². The zero-order valence-electron chi connectivity index (χ0n) is 31.8. The van der Waals surface area contributed by atoms with Crippen molar-refractivity contribution in [2.24, 2.45) is 0 Å². The quantitative estimate of drug-likeness (QED) is 0.0564. The zero-order chi connectivity index (χ0) is 42.7. The Bertz CT molecular complexity index is 1910.